The first-order valence-electron chi connectivity index (χ1n) is 6.55. The summed E-state index contributed by atoms with van der Waals surface area (Å²) in [5.74, 6) is 0.264. The number of carbonyl (C=O) groups is 1. The van der Waals surface area contributed by atoms with E-state index in [1.807, 2.05) is 0 Å². The van der Waals surface area contributed by atoms with Gasteiger partial charge in [0.2, 0.25) is 0 Å². The molecule has 2 unspecified atom stereocenters. The van der Waals surface area contributed by atoms with Crippen LogP contribution in [0.25, 0.3) is 0 Å². The molecule has 18 heavy (non-hydrogen) atoms. The van der Waals surface area contributed by atoms with Crippen LogP contribution in [0.1, 0.15) is 39.0 Å². The van der Waals surface area contributed by atoms with Crippen molar-refractivity contribution in [2.75, 3.05) is 0 Å². The molecule has 2 rings (SSSR count). The lowest BCUT2D eigenvalue weighted by Crippen LogP contribution is -2.31. The predicted molar refractivity (Wildman–Crippen MR) is 71.7 cm³/mol. The zero-order chi connectivity index (χ0) is 13.0. The molecule has 1 fully saturated rings. The summed E-state index contributed by atoms with van der Waals surface area (Å²) in [5, 5.41) is 0.0668. The molecule has 0 saturated heterocycles. The van der Waals surface area contributed by atoms with Crippen molar-refractivity contribution in [1.82, 2.24) is 4.98 Å². The van der Waals surface area contributed by atoms with Crippen molar-refractivity contribution in [3.05, 3.63) is 24.4 Å². The first kappa shape index (κ1) is 13.4. The van der Waals surface area contributed by atoms with Gasteiger partial charge in [-0.2, -0.15) is 0 Å². The minimum Gasteiger partial charge on any atom is -0.298 e. The lowest BCUT2D eigenvalue weighted by molar-refractivity contribution is -0.123. The third-order valence-electron chi connectivity index (χ3n) is 3.57. The molecule has 0 bridgehead atoms. The normalized spacial score (nSPS) is 20.3. The maximum Gasteiger partial charge on any atom is 0.151 e. The van der Waals surface area contributed by atoms with E-state index in [0.717, 1.165) is 25.7 Å². The standard InChI is InChI=1S/C14H19NO2S/c1-11(14(16)12-7-3-2-4-8-12)18(17)13-9-5-6-10-15-13/h5-6,9-12H,2-4,7-8H2,1H3. The Hall–Kier alpha value is -1.03. The lowest BCUT2D eigenvalue weighted by atomic mass is 9.85. The van der Waals surface area contributed by atoms with Crippen molar-refractivity contribution in [2.45, 2.75) is 49.3 Å². The highest BCUT2D eigenvalue weighted by molar-refractivity contribution is 7.86. The van der Waals surface area contributed by atoms with Crippen molar-refractivity contribution in [2.24, 2.45) is 5.92 Å². The number of hydrogen-bond acceptors (Lipinski definition) is 3. The first-order chi connectivity index (χ1) is 8.70. The average molecular weight is 265 g/mol. The van der Waals surface area contributed by atoms with Gasteiger partial charge in [-0.1, -0.05) is 25.3 Å². The molecule has 4 heteroatoms. The summed E-state index contributed by atoms with van der Waals surface area (Å²) in [4.78, 5) is 16.4. The maximum atomic E-state index is 12.3. The van der Waals surface area contributed by atoms with Gasteiger partial charge in [-0.05, 0) is 31.9 Å². The van der Waals surface area contributed by atoms with E-state index >= 15 is 0 Å². The summed E-state index contributed by atoms with van der Waals surface area (Å²) in [5.41, 5.74) is 0. The van der Waals surface area contributed by atoms with Gasteiger partial charge in [-0.15, -0.1) is 0 Å². The van der Waals surface area contributed by atoms with Gasteiger partial charge < -0.3 is 0 Å². The molecule has 1 aromatic rings. The van der Waals surface area contributed by atoms with Crippen LogP contribution in [0.5, 0.6) is 0 Å². The molecule has 0 aliphatic heterocycles. The van der Waals surface area contributed by atoms with Gasteiger partial charge in [0.15, 0.2) is 5.78 Å². The highest BCUT2D eigenvalue weighted by atomic mass is 32.2. The largest absolute Gasteiger partial charge is 0.298 e. The van der Waals surface area contributed by atoms with Crippen LogP contribution in [0.4, 0.5) is 0 Å². The van der Waals surface area contributed by atoms with Crippen LogP contribution in [-0.4, -0.2) is 20.2 Å². The molecule has 2 atom stereocenters. The second kappa shape index (κ2) is 6.23. The van der Waals surface area contributed by atoms with Crippen LogP contribution in [0.3, 0.4) is 0 Å². The third kappa shape index (κ3) is 3.05. The molecular formula is C14H19NO2S. The number of carbonyl (C=O) groups excluding carboxylic acids is 1. The van der Waals surface area contributed by atoms with Crippen molar-refractivity contribution in [3.63, 3.8) is 0 Å². The fourth-order valence-electron chi connectivity index (χ4n) is 2.47. The van der Waals surface area contributed by atoms with E-state index in [1.165, 1.54) is 6.42 Å². The van der Waals surface area contributed by atoms with Gasteiger partial charge in [0, 0.05) is 12.1 Å². The van der Waals surface area contributed by atoms with Gasteiger partial charge in [-0.3, -0.25) is 9.00 Å². The number of aromatic nitrogens is 1. The van der Waals surface area contributed by atoms with Crippen LogP contribution < -0.4 is 0 Å². The molecule has 98 valence electrons. The molecule has 3 nitrogen and oxygen atoms in total. The topological polar surface area (TPSA) is 47.0 Å². The molecule has 0 aromatic carbocycles. The maximum absolute atomic E-state index is 12.3. The average Bonchev–Trinajstić information content (AvgIpc) is 2.47. The molecule has 1 aliphatic carbocycles. The first-order valence-corrected chi connectivity index (χ1v) is 7.77. The number of ketones is 1. The van der Waals surface area contributed by atoms with Crippen LogP contribution in [0, 0.1) is 5.92 Å². The van der Waals surface area contributed by atoms with E-state index in [4.69, 9.17) is 0 Å². The Morgan fingerprint density at radius 1 is 1.33 bits per heavy atom. The third-order valence-corrected chi connectivity index (χ3v) is 5.10. The van der Waals surface area contributed by atoms with Gasteiger partial charge in [0.05, 0.1) is 16.0 Å². The van der Waals surface area contributed by atoms with E-state index in [9.17, 15) is 9.00 Å². The molecule has 1 heterocycles. The molecule has 0 amide bonds. The van der Waals surface area contributed by atoms with Crippen molar-refractivity contribution >= 4 is 16.6 Å². The zero-order valence-corrected chi connectivity index (χ0v) is 11.5. The number of rotatable bonds is 4. The summed E-state index contributed by atoms with van der Waals surface area (Å²) in [7, 11) is -1.32. The summed E-state index contributed by atoms with van der Waals surface area (Å²) in [6.45, 7) is 1.77. The van der Waals surface area contributed by atoms with E-state index in [0.29, 0.717) is 5.03 Å². The van der Waals surface area contributed by atoms with Crippen molar-refractivity contribution in [1.29, 1.82) is 0 Å². The number of hydrogen-bond donors (Lipinski definition) is 0. The van der Waals surface area contributed by atoms with E-state index in [2.05, 4.69) is 4.98 Å². The van der Waals surface area contributed by atoms with Crippen LogP contribution in [0.15, 0.2) is 29.4 Å². The van der Waals surface area contributed by atoms with Gasteiger partial charge in [0.25, 0.3) is 0 Å². The monoisotopic (exact) mass is 265 g/mol. The van der Waals surface area contributed by atoms with Gasteiger partial charge in [-0.25, -0.2) is 4.98 Å². The van der Waals surface area contributed by atoms with E-state index in [-0.39, 0.29) is 11.7 Å². The smallest absolute Gasteiger partial charge is 0.151 e. The Balaban J connectivity index is 2.04. The molecule has 1 aliphatic rings. The Morgan fingerprint density at radius 2 is 2.06 bits per heavy atom. The Kier molecular flexibility index (Phi) is 4.64. The molecule has 0 radical (unpaired) electrons. The number of nitrogens with zero attached hydrogens (tertiary/aromatic N) is 1. The summed E-state index contributed by atoms with van der Waals surface area (Å²) in [6.07, 6.45) is 7.01. The van der Waals surface area contributed by atoms with E-state index in [1.54, 1.807) is 31.3 Å². The summed E-state index contributed by atoms with van der Waals surface area (Å²) >= 11 is 0. The summed E-state index contributed by atoms with van der Waals surface area (Å²) < 4.78 is 12.3. The minimum absolute atomic E-state index is 0.112. The van der Waals surface area contributed by atoms with Crippen LogP contribution >= 0.6 is 0 Å². The molecule has 1 aromatic heterocycles. The molecular weight excluding hydrogens is 246 g/mol. The quantitative estimate of drug-likeness (QED) is 0.841. The minimum atomic E-state index is -1.32. The highest BCUT2D eigenvalue weighted by Gasteiger charge is 2.29. The Labute approximate surface area is 110 Å². The van der Waals surface area contributed by atoms with Crippen molar-refractivity contribution in [3.8, 4) is 0 Å². The summed E-state index contributed by atoms with van der Waals surface area (Å²) in [6, 6.07) is 5.31. The SMILES string of the molecule is CC(C(=O)C1CCCCC1)S(=O)c1ccccn1. The van der Waals surface area contributed by atoms with E-state index < -0.39 is 16.0 Å². The molecule has 1 saturated carbocycles. The van der Waals surface area contributed by atoms with Crippen LogP contribution in [-0.2, 0) is 15.6 Å². The number of pyridine rings is 1. The molecule has 0 N–H and O–H groups in total. The second-order valence-electron chi connectivity index (χ2n) is 4.84. The van der Waals surface area contributed by atoms with Gasteiger partial charge >= 0.3 is 0 Å². The fraction of sp³-hybridized carbons (Fsp3) is 0.571. The van der Waals surface area contributed by atoms with Crippen molar-refractivity contribution < 1.29 is 9.00 Å². The highest BCUT2D eigenvalue weighted by Crippen LogP contribution is 2.26. The Morgan fingerprint density at radius 3 is 2.67 bits per heavy atom. The van der Waals surface area contributed by atoms with Crippen LogP contribution in [0.2, 0.25) is 0 Å². The second-order valence-corrected chi connectivity index (χ2v) is 6.57. The predicted octanol–water partition coefficient (Wildman–Crippen LogP) is 2.73. The lowest BCUT2D eigenvalue weighted by Gasteiger charge is -2.22. The molecule has 0 spiro atoms. The zero-order valence-electron chi connectivity index (χ0n) is 10.7. The van der Waals surface area contributed by atoms with Gasteiger partial charge in [0.1, 0.15) is 5.03 Å². The fourth-order valence-corrected chi connectivity index (χ4v) is 3.61. The Bertz CT molecular complexity index is 427. The number of Topliss-reactive ketones (excluding diaryl/α,β-unsaturated/α-hetero) is 1.